The second-order valence-corrected chi connectivity index (χ2v) is 15.8. The summed E-state index contributed by atoms with van der Waals surface area (Å²) in [6.07, 6.45) is 8.16. The quantitative estimate of drug-likeness (QED) is 0.215. The van der Waals surface area contributed by atoms with Crippen molar-refractivity contribution in [2.45, 2.75) is 84.5 Å². The van der Waals surface area contributed by atoms with Gasteiger partial charge in [-0.25, -0.2) is 0 Å². The minimum Gasteiger partial charge on any atom is -0.410 e. The van der Waals surface area contributed by atoms with Gasteiger partial charge < -0.3 is 4.43 Å². The number of Topliss-reactive ketones (excluding diaryl/α,β-unsaturated/α-hetero) is 1. The molecule has 2 rings (SSSR count). The highest BCUT2D eigenvalue weighted by atomic mass is 35.5. The molecular weight excluding hydrogens is 443 g/mol. The van der Waals surface area contributed by atoms with E-state index >= 15 is 0 Å². The van der Waals surface area contributed by atoms with E-state index in [-0.39, 0.29) is 22.8 Å². The zero-order valence-corrected chi connectivity index (χ0v) is 23.1. The van der Waals surface area contributed by atoms with Gasteiger partial charge in [0.2, 0.25) is 0 Å². The summed E-state index contributed by atoms with van der Waals surface area (Å²) in [6, 6.07) is 0. The fraction of sp³-hybridized carbons (Fsp3) is 0.654. The van der Waals surface area contributed by atoms with E-state index in [4.69, 9.17) is 27.6 Å². The van der Waals surface area contributed by atoms with Gasteiger partial charge in [0.25, 0.3) is 0 Å². The summed E-state index contributed by atoms with van der Waals surface area (Å²) >= 11 is 11.6. The smallest absolute Gasteiger partial charge is 0.192 e. The Balaban J connectivity index is 0.000000343. The van der Waals surface area contributed by atoms with Crippen LogP contribution in [0.15, 0.2) is 47.6 Å². The van der Waals surface area contributed by atoms with Gasteiger partial charge >= 0.3 is 0 Å². The highest BCUT2D eigenvalue weighted by Crippen LogP contribution is 2.40. The fourth-order valence-electron chi connectivity index (χ4n) is 3.44. The highest BCUT2D eigenvalue weighted by molar-refractivity contribution is 6.74. The lowest BCUT2D eigenvalue weighted by Crippen LogP contribution is -2.45. The average molecular weight is 486 g/mol. The molecule has 0 saturated carbocycles. The molecule has 0 heterocycles. The van der Waals surface area contributed by atoms with Crippen molar-refractivity contribution in [3.05, 3.63) is 47.6 Å². The predicted octanol–water partition coefficient (Wildman–Crippen LogP) is 8.23. The van der Waals surface area contributed by atoms with Crippen LogP contribution in [0, 0.1) is 11.8 Å². The minimum absolute atomic E-state index is 0.234. The first-order valence-electron chi connectivity index (χ1n) is 11.2. The van der Waals surface area contributed by atoms with Gasteiger partial charge in [-0.05, 0) is 74.2 Å². The number of rotatable bonds is 6. The molecule has 31 heavy (non-hydrogen) atoms. The molecule has 2 nitrogen and oxygen atoms in total. The topological polar surface area (TPSA) is 26.3 Å². The van der Waals surface area contributed by atoms with Crippen molar-refractivity contribution < 1.29 is 9.22 Å². The standard InChI is InChI=1S/C16H29ClOSi.C10H13ClO/c1-12-8-9-14(13(2)11-17)10-15(12)18-19(6,7)16(3,4)5;1-7-3-4-9(5-10(7)12)8(2)6-11/h8,14-15H,2,9-11H2,1,3-7H3;3,9H,2,4-6H2,1H3/t14-,15-;9-/m11/s1. The number of ketones is 1. The van der Waals surface area contributed by atoms with E-state index in [1.54, 1.807) is 0 Å². The maximum absolute atomic E-state index is 11.3. The van der Waals surface area contributed by atoms with Crippen molar-refractivity contribution >= 4 is 37.3 Å². The normalized spacial score (nSPS) is 24.5. The third-order valence-corrected chi connectivity index (χ3v) is 12.2. The van der Waals surface area contributed by atoms with E-state index in [1.807, 2.05) is 13.0 Å². The average Bonchev–Trinajstić information content (AvgIpc) is 2.70. The molecule has 0 saturated heterocycles. The third-order valence-electron chi connectivity index (χ3n) is 7.05. The SMILES string of the molecule is C=C(CCl)[C@@H]1CC=C(C)C(=O)C1.C=C(CCl)[C@@H]1CC=C(C)[C@H](O[Si](C)(C)C(C)(C)C)C1. The van der Waals surface area contributed by atoms with Crippen LogP contribution in [0.3, 0.4) is 0 Å². The maximum atomic E-state index is 11.3. The summed E-state index contributed by atoms with van der Waals surface area (Å²) in [5.74, 6) is 2.02. The van der Waals surface area contributed by atoms with Crippen molar-refractivity contribution in [1.29, 1.82) is 0 Å². The van der Waals surface area contributed by atoms with Crippen molar-refractivity contribution in [1.82, 2.24) is 0 Å². The Morgan fingerprint density at radius 1 is 1.06 bits per heavy atom. The molecule has 0 unspecified atom stereocenters. The summed E-state index contributed by atoms with van der Waals surface area (Å²) in [7, 11) is -1.71. The second-order valence-electron chi connectivity index (χ2n) is 10.5. The molecule has 0 aromatic rings. The lowest BCUT2D eigenvalue weighted by molar-refractivity contribution is -0.116. The summed E-state index contributed by atoms with van der Waals surface area (Å²) in [5, 5.41) is 0.254. The second kappa shape index (κ2) is 12.0. The monoisotopic (exact) mass is 484 g/mol. The Bertz CT molecular complexity index is 728. The van der Waals surface area contributed by atoms with Gasteiger partial charge in [0.05, 0.1) is 6.10 Å². The number of carbonyl (C=O) groups is 1. The van der Waals surface area contributed by atoms with E-state index < -0.39 is 8.32 Å². The van der Waals surface area contributed by atoms with Crippen LogP contribution in [0.25, 0.3) is 0 Å². The number of halogens is 2. The number of hydrogen-bond acceptors (Lipinski definition) is 2. The molecule has 0 amide bonds. The number of hydrogen-bond donors (Lipinski definition) is 0. The van der Waals surface area contributed by atoms with Crippen LogP contribution >= 0.6 is 23.2 Å². The van der Waals surface area contributed by atoms with E-state index in [2.05, 4.69) is 60.0 Å². The Kier molecular flexibility index (Phi) is 11.0. The lowest BCUT2D eigenvalue weighted by Gasteiger charge is -2.41. The van der Waals surface area contributed by atoms with Gasteiger partial charge in [0, 0.05) is 18.2 Å². The molecule has 0 radical (unpaired) electrons. The van der Waals surface area contributed by atoms with Crippen LogP contribution in [-0.2, 0) is 9.22 Å². The molecule has 0 spiro atoms. The molecule has 0 fully saturated rings. The number of allylic oxidation sites excluding steroid dienone is 5. The van der Waals surface area contributed by atoms with Gasteiger partial charge in [-0.1, -0.05) is 57.2 Å². The molecular formula is C26H42Cl2O2Si. The van der Waals surface area contributed by atoms with Crippen LogP contribution in [-0.4, -0.2) is 32.0 Å². The van der Waals surface area contributed by atoms with Gasteiger partial charge in [-0.3, -0.25) is 4.79 Å². The first-order valence-corrected chi connectivity index (χ1v) is 15.2. The van der Waals surface area contributed by atoms with E-state index in [1.165, 1.54) is 5.57 Å². The van der Waals surface area contributed by atoms with Gasteiger partial charge in [-0.2, -0.15) is 0 Å². The number of alkyl halides is 2. The van der Waals surface area contributed by atoms with Gasteiger partial charge in [0.1, 0.15) is 0 Å². The van der Waals surface area contributed by atoms with Crippen LogP contribution in [0.2, 0.25) is 18.1 Å². The van der Waals surface area contributed by atoms with Crippen LogP contribution in [0.5, 0.6) is 0 Å². The highest BCUT2D eigenvalue weighted by Gasteiger charge is 2.40. The first kappa shape index (κ1) is 28.4. The predicted molar refractivity (Wildman–Crippen MR) is 140 cm³/mol. The Labute approximate surface area is 201 Å². The molecule has 176 valence electrons. The molecule has 3 atom stereocenters. The van der Waals surface area contributed by atoms with Crippen molar-refractivity contribution in [3.63, 3.8) is 0 Å². The zero-order chi connectivity index (χ0) is 24.0. The van der Waals surface area contributed by atoms with Crippen LogP contribution < -0.4 is 0 Å². The van der Waals surface area contributed by atoms with Crippen LogP contribution in [0.1, 0.15) is 60.3 Å². The van der Waals surface area contributed by atoms with Crippen molar-refractivity contribution in [2.24, 2.45) is 11.8 Å². The maximum Gasteiger partial charge on any atom is 0.192 e. The molecule has 0 aromatic carbocycles. The first-order chi connectivity index (χ1) is 14.2. The van der Waals surface area contributed by atoms with E-state index in [0.717, 1.165) is 36.0 Å². The van der Waals surface area contributed by atoms with Crippen LogP contribution in [0.4, 0.5) is 0 Å². The fourth-order valence-corrected chi connectivity index (χ4v) is 5.22. The molecule has 0 aliphatic heterocycles. The summed E-state index contributed by atoms with van der Waals surface area (Å²) < 4.78 is 6.57. The zero-order valence-electron chi connectivity index (χ0n) is 20.6. The summed E-state index contributed by atoms with van der Waals surface area (Å²) in [4.78, 5) is 11.3. The Morgan fingerprint density at radius 3 is 2.06 bits per heavy atom. The largest absolute Gasteiger partial charge is 0.410 e. The molecule has 0 bridgehead atoms. The molecule has 5 heteroatoms. The Hall–Kier alpha value is -0.613. The molecule has 2 aliphatic rings. The summed E-state index contributed by atoms with van der Waals surface area (Å²) in [5.41, 5.74) is 4.39. The van der Waals surface area contributed by atoms with Gasteiger partial charge in [-0.15, -0.1) is 23.2 Å². The number of carbonyl (C=O) groups excluding carboxylic acids is 1. The molecule has 2 aliphatic carbocycles. The van der Waals surface area contributed by atoms with Crippen molar-refractivity contribution in [2.75, 3.05) is 11.8 Å². The summed E-state index contributed by atoms with van der Waals surface area (Å²) in [6.45, 7) is 23.5. The molecule has 0 N–H and O–H groups in total. The third kappa shape index (κ3) is 8.35. The molecule has 0 aromatic heterocycles. The van der Waals surface area contributed by atoms with E-state index in [9.17, 15) is 4.79 Å². The minimum atomic E-state index is -1.71. The van der Waals surface area contributed by atoms with Crippen molar-refractivity contribution in [3.8, 4) is 0 Å². The van der Waals surface area contributed by atoms with Gasteiger partial charge in [0.15, 0.2) is 14.1 Å². The lowest BCUT2D eigenvalue weighted by atomic mass is 9.84. The van der Waals surface area contributed by atoms with E-state index in [0.29, 0.717) is 24.1 Å². The Morgan fingerprint density at radius 2 is 1.58 bits per heavy atom.